The summed E-state index contributed by atoms with van der Waals surface area (Å²) in [6.45, 7) is 5.21. The Bertz CT molecular complexity index is 927. The minimum Gasteiger partial charge on any atom is -0.497 e. The van der Waals surface area contributed by atoms with Crippen LogP contribution in [0.3, 0.4) is 0 Å². The third-order valence-corrected chi connectivity index (χ3v) is 4.92. The molecule has 1 fully saturated rings. The van der Waals surface area contributed by atoms with E-state index in [2.05, 4.69) is 11.9 Å². The average molecular weight is 393 g/mol. The molecule has 1 heterocycles. The van der Waals surface area contributed by atoms with Gasteiger partial charge in [0.15, 0.2) is 0 Å². The van der Waals surface area contributed by atoms with Crippen molar-refractivity contribution in [3.63, 3.8) is 0 Å². The van der Waals surface area contributed by atoms with Crippen molar-refractivity contribution in [3.8, 4) is 5.75 Å². The Labute approximate surface area is 169 Å². The number of amides is 4. The Morgan fingerprint density at radius 1 is 1.17 bits per heavy atom. The fraction of sp³-hybridized carbons (Fsp3) is 0.227. The van der Waals surface area contributed by atoms with Crippen LogP contribution in [0, 0.1) is 0 Å². The van der Waals surface area contributed by atoms with Crippen molar-refractivity contribution in [1.82, 2.24) is 10.2 Å². The summed E-state index contributed by atoms with van der Waals surface area (Å²) in [6.07, 6.45) is 1.60. The van der Waals surface area contributed by atoms with Crippen LogP contribution in [0.1, 0.15) is 12.5 Å². The Kier molecular flexibility index (Phi) is 5.68. The van der Waals surface area contributed by atoms with Crippen LogP contribution in [0.5, 0.6) is 5.75 Å². The van der Waals surface area contributed by atoms with E-state index in [4.69, 9.17) is 4.74 Å². The van der Waals surface area contributed by atoms with Crippen LogP contribution < -0.4 is 15.0 Å². The number of carbonyl (C=O) groups is 3. The molecule has 150 valence electrons. The Balaban J connectivity index is 1.81. The number of methoxy groups -OCH3 is 1. The second kappa shape index (κ2) is 8.18. The minimum atomic E-state index is -1.25. The van der Waals surface area contributed by atoms with Gasteiger partial charge in [0.25, 0.3) is 5.91 Å². The Hall–Kier alpha value is -3.61. The molecule has 1 N–H and O–H groups in total. The smallest absolute Gasteiger partial charge is 0.325 e. The van der Waals surface area contributed by atoms with Crippen LogP contribution in [0.2, 0.25) is 0 Å². The molecule has 2 aromatic rings. The first-order valence-electron chi connectivity index (χ1n) is 9.15. The molecule has 0 aromatic heterocycles. The summed E-state index contributed by atoms with van der Waals surface area (Å²) in [5, 5.41) is 2.71. The lowest BCUT2D eigenvalue weighted by atomic mass is 9.92. The number of urea groups is 1. The highest BCUT2D eigenvalue weighted by Gasteiger charge is 2.49. The van der Waals surface area contributed by atoms with Gasteiger partial charge in [-0.1, -0.05) is 36.4 Å². The van der Waals surface area contributed by atoms with Gasteiger partial charge >= 0.3 is 6.03 Å². The van der Waals surface area contributed by atoms with Gasteiger partial charge in [0.05, 0.1) is 7.11 Å². The van der Waals surface area contributed by atoms with Gasteiger partial charge in [-0.05, 0) is 36.8 Å². The van der Waals surface area contributed by atoms with E-state index in [1.807, 2.05) is 18.2 Å². The molecule has 0 aliphatic carbocycles. The molecule has 1 aliphatic rings. The zero-order valence-electron chi connectivity index (χ0n) is 16.4. The van der Waals surface area contributed by atoms with E-state index in [1.54, 1.807) is 56.5 Å². The number of hydrogen-bond donors (Lipinski definition) is 1. The van der Waals surface area contributed by atoms with E-state index >= 15 is 0 Å². The Morgan fingerprint density at radius 3 is 2.41 bits per heavy atom. The number of nitrogens with one attached hydrogen (secondary N) is 1. The molecule has 1 saturated heterocycles. The Morgan fingerprint density at radius 2 is 1.83 bits per heavy atom. The lowest BCUT2D eigenvalue weighted by molar-refractivity contribution is -0.134. The van der Waals surface area contributed by atoms with Crippen LogP contribution in [0.15, 0.2) is 67.3 Å². The molecule has 0 spiro atoms. The van der Waals surface area contributed by atoms with Gasteiger partial charge < -0.3 is 15.0 Å². The molecule has 0 radical (unpaired) electrons. The number of hydrogen-bond acceptors (Lipinski definition) is 4. The molecule has 1 aliphatic heterocycles. The third kappa shape index (κ3) is 3.85. The summed E-state index contributed by atoms with van der Waals surface area (Å²) in [6, 6.07) is 15.3. The molecule has 7 heteroatoms. The van der Waals surface area contributed by atoms with E-state index in [9.17, 15) is 14.4 Å². The van der Waals surface area contributed by atoms with Crippen LogP contribution in [-0.4, -0.2) is 42.9 Å². The second-order valence-electron chi connectivity index (χ2n) is 6.80. The quantitative estimate of drug-likeness (QED) is 0.579. The predicted molar refractivity (Wildman–Crippen MR) is 110 cm³/mol. The van der Waals surface area contributed by atoms with Crippen LogP contribution in [0.25, 0.3) is 0 Å². The maximum atomic E-state index is 13.1. The third-order valence-electron chi connectivity index (χ3n) is 4.92. The number of imide groups is 1. The van der Waals surface area contributed by atoms with Crippen molar-refractivity contribution < 1.29 is 19.1 Å². The second-order valence-corrected chi connectivity index (χ2v) is 6.80. The molecular weight excluding hydrogens is 370 g/mol. The monoisotopic (exact) mass is 393 g/mol. The van der Waals surface area contributed by atoms with Crippen molar-refractivity contribution in [2.24, 2.45) is 0 Å². The molecule has 2 aromatic carbocycles. The SMILES string of the molecule is C=CCN(C(=O)CN1C(=O)N[C@@](C)(c2ccc(OC)cc2)C1=O)c1ccccc1. The number of carbonyl (C=O) groups excluding carboxylic acids is 3. The number of nitrogens with zero attached hydrogens (tertiary/aromatic N) is 2. The maximum Gasteiger partial charge on any atom is 0.325 e. The summed E-state index contributed by atoms with van der Waals surface area (Å²) < 4.78 is 5.14. The number of para-hydroxylation sites is 1. The molecule has 7 nitrogen and oxygen atoms in total. The fourth-order valence-corrected chi connectivity index (χ4v) is 3.27. The van der Waals surface area contributed by atoms with E-state index in [0.717, 1.165) is 4.90 Å². The van der Waals surface area contributed by atoms with E-state index in [-0.39, 0.29) is 19.0 Å². The number of rotatable bonds is 7. The summed E-state index contributed by atoms with van der Waals surface area (Å²) >= 11 is 0. The van der Waals surface area contributed by atoms with Gasteiger partial charge in [-0.2, -0.15) is 0 Å². The summed E-state index contributed by atoms with van der Waals surface area (Å²) in [7, 11) is 1.55. The average Bonchev–Trinajstić information content (AvgIpc) is 2.96. The summed E-state index contributed by atoms with van der Waals surface area (Å²) in [4.78, 5) is 40.9. The summed E-state index contributed by atoms with van der Waals surface area (Å²) in [5.74, 6) is -0.213. The zero-order chi connectivity index (χ0) is 21.0. The van der Waals surface area contributed by atoms with E-state index < -0.39 is 17.5 Å². The fourth-order valence-electron chi connectivity index (χ4n) is 3.27. The van der Waals surface area contributed by atoms with Crippen LogP contribution in [0.4, 0.5) is 10.5 Å². The molecule has 29 heavy (non-hydrogen) atoms. The van der Waals surface area contributed by atoms with Gasteiger partial charge in [-0.3, -0.25) is 14.5 Å². The van der Waals surface area contributed by atoms with Crippen molar-refractivity contribution in [2.75, 3.05) is 25.1 Å². The molecule has 0 bridgehead atoms. The zero-order valence-corrected chi connectivity index (χ0v) is 16.4. The van der Waals surface area contributed by atoms with Gasteiger partial charge in [-0.25, -0.2) is 4.79 Å². The molecular formula is C22H23N3O4. The van der Waals surface area contributed by atoms with Crippen LogP contribution >= 0.6 is 0 Å². The maximum absolute atomic E-state index is 13.1. The van der Waals surface area contributed by atoms with Gasteiger partial charge in [0.2, 0.25) is 5.91 Å². The van der Waals surface area contributed by atoms with Crippen LogP contribution in [-0.2, 0) is 15.1 Å². The molecule has 0 saturated carbocycles. The normalized spacial score (nSPS) is 18.3. The van der Waals surface area contributed by atoms with Crippen molar-refractivity contribution in [1.29, 1.82) is 0 Å². The lowest BCUT2D eigenvalue weighted by Gasteiger charge is -2.25. The largest absolute Gasteiger partial charge is 0.497 e. The molecule has 1 atom stereocenters. The van der Waals surface area contributed by atoms with Gasteiger partial charge in [-0.15, -0.1) is 6.58 Å². The standard InChI is InChI=1S/C22H23N3O4/c1-4-14-24(17-8-6-5-7-9-17)19(26)15-25-20(27)22(2,23-21(25)28)16-10-12-18(29-3)13-11-16/h4-13H,1,14-15H2,2-3H3,(H,23,28)/t22-/m0/s1. The van der Waals surface area contributed by atoms with Crippen molar-refractivity contribution in [3.05, 3.63) is 72.8 Å². The first-order valence-corrected chi connectivity index (χ1v) is 9.15. The first kappa shape index (κ1) is 20.1. The lowest BCUT2D eigenvalue weighted by Crippen LogP contribution is -2.44. The number of benzene rings is 2. The molecule has 0 unspecified atom stereocenters. The topological polar surface area (TPSA) is 79.0 Å². The minimum absolute atomic E-state index is 0.266. The van der Waals surface area contributed by atoms with E-state index in [0.29, 0.717) is 17.0 Å². The highest BCUT2D eigenvalue weighted by Crippen LogP contribution is 2.30. The highest BCUT2D eigenvalue weighted by molar-refractivity contribution is 6.10. The molecule has 3 rings (SSSR count). The van der Waals surface area contributed by atoms with Crippen molar-refractivity contribution in [2.45, 2.75) is 12.5 Å². The summed E-state index contributed by atoms with van der Waals surface area (Å²) in [5.41, 5.74) is 0.0274. The first-order chi connectivity index (χ1) is 13.9. The van der Waals surface area contributed by atoms with E-state index in [1.165, 1.54) is 4.90 Å². The van der Waals surface area contributed by atoms with Gasteiger partial charge in [0, 0.05) is 12.2 Å². The van der Waals surface area contributed by atoms with Gasteiger partial charge in [0.1, 0.15) is 17.8 Å². The number of anilines is 1. The predicted octanol–water partition coefficient (Wildman–Crippen LogP) is 2.68. The van der Waals surface area contributed by atoms with Crippen molar-refractivity contribution >= 4 is 23.5 Å². The highest BCUT2D eigenvalue weighted by atomic mass is 16.5. The molecule has 4 amide bonds. The number of ether oxygens (including phenoxy) is 1.